The SMILES string of the molecule is CC(C)CCC[C@@H](C)C1CC[C@H]2[C@]3(C)CC=C4CC(OC(=O)NCCOC(=O)C5(C)COC(=O)OC5)CC[C@]4(C)[C@H]3CC[C@]12C. The van der Waals surface area contributed by atoms with E-state index >= 15 is 0 Å². The average Bonchev–Trinajstić information content (AvgIpc) is 3.35. The molecule has 1 N–H and O–H groups in total. The van der Waals surface area contributed by atoms with Crippen molar-refractivity contribution < 1.29 is 33.3 Å². The largest absolute Gasteiger partial charge is 0.508 e. The average molecular weight is 630 g/mol. The highest BCUT2D eigenvalue weighted by Gasteiger charge is 2.64. The lowest BCUT2D eigenvalue weighted by atomic mass is 9.41. The standard InChI is InChI=1S/C37H59NO7/c1-24(2)9-8-10-25(3)28-11-12-29-36(28,6)18-15-30-35(5)17-14-27(21-26(35)13-16-37(29,30)7)45-32(40)38-19-20-42-31(39)34(4)22-43-33(41)44-23-34/h13,24-25,27-30H,8-12,14-23H2,1-7H3,(H,38,40)/t25-,27?,28?,29-,30-,35+,36-,37+/m1/s1. The van der Waals surface area contributed by atoms with Crippen LogP contribution >= 0.6 is 0 Å². The van der Waals surface area contributed by atoms with Crippen LogP contribution in [0.25, 0.3) is 0 Å². The fraction of sp³-hybridized carbons (Fsp3) is 0.865. The van der Waals surface area contributed by atoms with Crippen LogP contribution in [-0.4, -0.2) is 50.7 Å². The first-order chi connectivity index (χ1) is 21.2. The zero-order valence-corrected chi connectivity index (χ0v) is 29.0. The highest BCUT2D eigenvalue weighted by molar-refractivity contribution is 5.78. The van der Waals surface area contributed by atoms with Crippen LogP contribution in [0.3, 0.4) is 0 Å². The molecule has 8 heteroatoms. The van der Waals surface area contributed by atoms with Gasteiger partial charge in [-0.1, -0.05) is 72.5 Å². The molecule has 3 saturated carbocycles. The molecule has 0 spiro atoms. The van der Waals surface area contributed by atoms with Crippen molar-refractivity contribution in [2.24, 2.45) is 51.2 Å². The highest BCUT2D eigenvalue weighted by Crippen LogP contribution is 2.72. The molecule has 254 valence electrons. The molecule has 5 aliphatic rings. The second kappa shape index (κ2) is 13.1. The Morgan fingerprint density at radius 3 is 2.40 bits per heavy atom. The van der Waals surface area contributed by atoms with Crippen LogP contribution in [0.1, 0.15) is 119 Å². The molecule has 4 aliphatic carbocycles. The summed E-state index contributed by atoms with van der Waals surface area (Å²) in [5.74, 6) is 3.40. The Bertz CT molecular complexity index is 1140. The van der Waals surface area contributed by atoms with E-state index in [1.165, 1.54) is 50.5 Å². The van der Waals surface area contributed by atoms with E-state index in [1.54, 1.807) is 6.92 Å². The van der Waals surface area contributed by atoms with Gasteiger partial charge in [0.2, 0.25) is 0 Å². The number of allylic oxidation sites excluding steroid dienone is 1. The van der Waals surface area contributed by atoms with Crippen LogP contribution < -0.4 is 5.32 Å². The maximum atomic E-state index is 12.6. The molecule has 4 fully saturated rings. The number of ether oxygens (including phenoxy) is 4. The molecule has 0 radical (unpaired) electrons. The molecular formula is C37H59NO7. The number of nitrogens with one attached hydrogen (secondary N) is 1. The van der Waals surface area contributed by atoms with E-state index < -0.39 is 23.6 Å². The van der Waals surface area contributed by atoms with E-state index in [0.717, 1.165) is 49.4 Å². The predicted molar refractivity (Wildman–Crippen MR) is 172 cm³/mol. The molecule has 5 rings (SSSR count). The summed E-state index contributed by atoms with van der Waals surface area (Å²) in [4.78, 5) is 36.2. The molecule has 2 unspecified atom stereocenters. The summed E-state index contributed by atoms with van der Waals surface area (Å²) in [5, 5.41) is 2.73. The summed E-state index contributed by atoms with van der Waals surface area (Å²) in [6.45, 7) is 16.6. The van der Waals surface area contributed by atoms with Gasteiger partial charge >= 0.3 is 18.2 Å². The van der Waals surface area contributed by atoms with Crippen molar-refractivity contribution in [1.29, 1.82) is 0 Å². The molecule has 8 nitrogen and oxygen atoms in total. The van der Waals surface area contributed by atoms with Gasteiger partial charge in [-0.3, -0.25) is 4.79 Å². The lowest BCUT2D eigenvalue weighted by Crippen LogP contribution is -2.56. The quantitative estimate of drug-likeness (QED) is 0.112. The first kappa shape index (κ1) is 34.1. The number of hydrogen-bond acceptors (Lipinski definition) is 7. The first-order valence-corrected chi connectivity index (χ1v) is 17.8. The molecule has 0 bridgehead atoms. The summed E-state index contributed by atoms with van der Waals surface area (Å²) in [6.07, 6.45) is 14.5. The third-order valence-corrected chi connectivity index (χ3v) is 13.2. The summed E-state index contributed by atoms with van der Waals surface area (Å²) in [7, 11) is 0. The Hall–Kier alpha value is -2.25. The van der Waals surface area contributed by atoms with Gasteiger partial charge in [-0.25, -0.2) is 9.59 Å². The summed E-state index contributed by atoms with van der Waals surface area (Å²) in [5.41, 5.74) is 1.41. The number of hydrogen-bond donors (Lipinski definition) is 1. The molecule has 0 aromatic carbocycles. The van der Waals surface area contributed by atoms with Gasteiger partial charge < -0.3 is 24.3 Å². The van der Waals surface area contributed by atoms with Crippen LogP contribution in [0.5, 0.6) is 0 Å². The highest BCUT2D eigenvalue weighted by atomic mass is 16.7. The minimum atomic E-state index is -1.05. The lowest BCUT2D eigenvalue weighted by Gasteiger charge is -2.63. The number of carbonyl (C=O) groups is 3. The number of carbonyl (C=O) groups excluding carboxylic acids is 3. The Labute approximate surface area is 271 Å². The van der Waals surface area contributed by atoms with Crippen molar-refractivity contribution in [3.8, 4) is 0 Å². The lowest BCUT2D eigenvalue weighted by molar-refractivity contribution is -0.165. The van der Waals surface area contributed by atoms with Crippen LogP contribution in [0.4, 0.5) is 9.59 Å². The minimum Gasteiger partial charge on any atom is -0.463 e. The number of cyclic esters (lactones) is 2. The summed E-state index contributed by atoms with van der Waals surface area (Å²) < 4.78 is 20.8. The van der Waals surface area contributed by atoms with E-state index in [2.05, 4.69) is 52.9 Å². The molecule has 1 amide bonds. The van der Waals surface area contributed by atoms with Gasteiger partial charge in [-0.15, -0.1) is 0 Å². The van der Waals surface area contributed by atoms with Crippen molar-refractivity contribution in [2.75, 3.05) is 26.4 Å². The minimum absolute atomic E-state index is 0.00326. The number of esters is 1. The number of fused-ring (bicyclic) bond motifs is 5. The van der Waals surface area contributed by atoms with Crippen LogP contribution in [0, 0.1) is 51.2 Å². The molecule has 1 saturated heterocycles. The molecule has 8 atom stereocenters. The van der Waals surface area contributed by atoms with Crippen molar-refractivity contribution in [3.05, 3.63) is 11.6 Å². The van der Waals surface area contributed by atoms with Gasteiger partial charge in [0.05, 0.1) is 6.54 Å². The Kier molecular flexibility index (Phi) is 9.92. The normalized spacial score (nSPS) is 37.6. The first-order valence-electron chi connectivity index (χ1n) is 17.8. The van der Waals surface area contributed by atoms with Gasteiger partial charge in [-0.2, -0.15) is 0 Å². The fourth-order valence-electron chi connectivity index (χ4n) is 10.7. The second-order valence-corrected chi connectivity index (χ2v) is 16.7. The summed E-state index contributed by atoms with van der Waals surface area (Å²) in [6, 6.07) is 0. The van der Waals surface area contributed by atoms with Gasteiger partial charge in [0, 0.05) is 6.42 Å². The molecular weight excluding hydrogens is 570 g/mol. The fourth-order valence-corrected chi connectivity index (χ4v) is 10.7. The van der Waals surface area contributed by atoms with Crippen LogP contribution in [0.15, 0.2) is 11.6 Å². The third-order valence-electron chi connectivity index (χ3n) is 13.2. The topological polar surface area (TPSA) is 100 Å². The Morgan fingerprint density at radius 1 is 0.956 bits per heavy atom. The maximum absolute atomic E-state index is 12.6. The van der Waals surface area contributed by atoms with Crippen LogP contribution in [-0.2, 0) is 23.7 Å². The monoisotopic (exact) mass is 629 g/mol. The van der Waals surface area contributed by atoms with Crippen LogP contribution in [0.2, 0.25) is 0 Å². The van der Waals surface area contributed by atoms with Crippen molar-refractivity contribution >= 4 is 18.2 Å². The van der Waals surface area contributed by atoms with E-state index in [0.29, 0.717) is 16.7 Å². The van der Waals surface area contributed by atoms with Crippen molar-refractivity contribution in [2.45, 2.75) is 125 Å². The Balaban J connectivity index is 1.12. The van der Waals surface area contributed by atoms with E-state index in [-0.39, 0.29) is 37.9 Å². The van der Waals surface area contributed by atoms with Gasteiger partial charge in [0.1, 0.15) is 31.3 Å². The molecule has 45 heavy (non-hydrogen) atoms. The number of amides is 1. The summed E-state index contributed by atoms with van der Waals surface area (Å²) >= 11 is 0. The van der Waals surface area contributed by atoms with E-state index in [4.69, 9.17) is 18.9 Å². The van der Waals surface area contributed by atoms with Crippen molar-refractivity contribution in [3.63, 3.8) is 0 Å². The van der Waals surface area contributed by atoms with Crippen molar-refractivity contribution in [1.82, 2.24) is 5.32 Å². The van der Waals surface area contributed by atoms with E-state index in [1.807, 2.05) is 0 Å². The zero-order valence-electron chi connectivity index (χ0n) is 29.0. The van der Waals surface area contributed by atoms with E-state index in [9.17, 15) is 14.4 Å². The molecule has 0 aromatic rings. The molecule has 1 heterocycles. The third kappa shape index (κ3) is 6.63. The maximum Gasteiger partial charge on any atom is 0.508 e. The zero-order chi connectivity index (χ0) is 32.6. The van der Waals surface area contributed by atoms with Gasteiger partial charge in [0.15, 0.2) is 0 Å². The smallest absolute Gasteiger partial charge is 0.463 e. The molecule has 1 aliphatic heterocycles. The second-order valence-electron chi connectivity index (χ2n) is 16.7. The number of alkyl carbamates (subject to hydrolysis) is 1. The number of rotatable bonds is 10. The molecule has 0 aromatic heterocycles. The van der Waals surface area contributed by atoms with Gasteiger partial charge in [-0.05, 0) is 97.7 Å². The predicted octanol–water partition coefficient (Wildman–Crippen LogP) is 8.23. The Morgan fingerprint density at radius 2 is 1.69 bits per heavy atom. The van der Waals surface area contributed by atoms with Gasteiger partial charge in [0.25, 0.3) is 0 Å².